The number of hydrogen-bond donors (Lipinski definition) is 0. The van der Waals surface area contributed by atoms with Gasteiger partial charge in [0.15, 0.2) is 0 Å². The third kappa shape index (κ3) is 2.94. The molecular weight excluding hydrogens is 176 g/mol. The SMILES string of the molecule is CN1CCCC(CN2CCOCC2)C1. The maximum atomic E-state index is 5.36. The van der Waals surface area contributed by atoms with Gasteiger partial charge in [-0.1, -0.05) is 0 Å². The van der Waals surface area contributed by atoms with E-state index in [1.807, 2.05) is 0 Å². The maximum absolute atomic E-state index is 5.36. The normalized spacial score (nSPS) is 31.9. The molecule has 1 unspecified atom stereocenters. The second-order valence-corrected chi connectivity index (χ2v) is 4.68. The van der Waals surface area contributed by atoms with E-state index in [0.29, 0.717) is 0 Å². The van der Waals surface area contributed by atoms with Gasteiger partial charge in [-0.3, -0.25) is 4.90 Å². The number of morpholine rings is 1. The molecule has 2 aliphatic heterocycles. The fraction of sp³-hybridized carbons (Fsp3) is 1.00. The van der Waals surface area contributed by atoms with E-state index in [4.69, 9.17) is 4.74 Å². The lowest BCUT2D eigenvalue weighted by Gasteiger charge is -2.35. The average molecular weight is 198 g/mol. The highest BCUT2D eigenvalue weighted by atomic mass is 16.5. The smallest absolute Gasteiger partial charge is 0.0594 e. The van der Waals surface area contributed by atoms with E-state index in [0.717, 1.165) is 32.2 Å². The number of piperidine rings is 1. The van der Waals surface area contributed by atoms with E-state index in [9.17, 15) is 0 Å². The van der Waals surface area contributed by atoms with Crippen molar-refractivity contribution in [1.82, 2.24) is 9.80 Å². The Hall–Kier alpha value is -0.120. The predicted molar refractivity (Wildman–Crippen MR) is 57.5 cm³/mol. The quantitative estimate of drug-likeness (QED) is 0.648. The summed E-state index contributed by atoms with van der Waals surface area (Å²) in [5.74, 6) is 0.895. The van der Waals surface area contributed by atoms with E-state index in [1.54, 1.807) is 0 Å². The van der Waals surface area contributed by atoms with Crippen molar-refractivity contribution in [3.05, 3.63) is 0 Å². The molecule has 0 spiro atoms. The lowest BCUT2D eigenvalue weighted by molar-refractivity contribution is 0.0244. The molecule has 82 valence electrons. The Balaban J connectivity index is 1.72. The molecule has 0 aromatic rings. The van der Waals surface area contributed by atoms with Gasteiger partial charge in [0.05, 0.1) is 13.2 Å². The zero-order valence-corrected chi connectivity index (χ0v) is 9.24. The first kappa shape index (κ1) is 10.4. The Morgan fingerprint density at radius 1 is 1.21 bits per heavy atom. The summed E-state index contributed by atoms with van der Waals surface area (Å²) in [6, 6.07) is 0. The third-order valence-corrected chi connectivity index (χ3v) is 3.34. The first-order valence-electron chi connectivity index (χ1n) is 5.83. The van der Waals surface area contributed by atoms with E-state index in [2.05, 4.69) is 16.8 Å². The number of ether oxygens (including phenoxy) is 1. The first-order valence-corrected chi connectivity index (χ1v) is 5.83. The molecule has 3 heteroatoms. The van der Waals surface area contributed by atoms with Crippen molar-refractivity contribution in [1.29, 1.82) is 0 Å². The van der Waals surface area contributed by atoms with Gasteiger partial charge in [0.1, 0.15) is 0 Å². The second-order valence-electron chi connectivity index (χ2n) is 4.68. The molecule has 2 heterocycles. The van der Waals surface area contributed by atoms with Crippen LogP contribution in [0.25, 0.3) is 0 Å². The molecule has 0 aliphatic carbocycles. The van der Waals surface area contributed by atoms with Gasteiger partial charge in [0.2, 0.25) is 0 Å². The largest absolute Gasteiger partial charge is 0.379 e. The monoisotopic (exact) mass is 198 g/mol. The van der Waals surface area contributed by atoms with E-state index in [-0.39, 0.29) is 0 Å². The number of likely N-dealkylation sites (tertiary alicyclic amines) is 1. The van der Waals surface area contributed by atoms with Crippen molar-refractivity contribution in [3.63, 3.8) is 0 Å². The van der Waals surface area contributed by atoms with Gasteiger partial charge in [-0.2, -0.15) is 0 Å². The summed E-state index contributed by atoms with van der Waals surface area (Å²) in [6.45, 7) is 8.01. The summed E-state index contributed by atoms with van der Waals surface area (Å²) in [4.78, 5) is 5.03. The second kappa shape index (κ2) is 5.10. The van der Waals surface area contributed by atoms with Gasteiger partial charge in [-0.05, 0) is 32.4 Å². The Labute approximate surface area is 87.0 Å². The molecule has 2 rings (SSSR count). The summed E-state index contributed by atoms with van der Waals surface area (Å²) in [5.41, 5.74) is 0. The van der Waals surface area contributed by atoms with E-state index in [1.165, 1.54) is 32.5 Å². The molecule has 14 heavy (non-hydrogen) atoms. The van der Waals surface area contributed by atoms with Gasteiger partial charge in [-0.25, -0.2) is 0 Å². The van der Waals surface area contributed by atoms with Crippen LogP contribution in [0.2, 0.25) is 0 Å². The molecule has 0 saturated carbocycles. The Morgan fingerprint density at radius 2 is 2.00 bits per heavy atom. The van der Waals surface area contributed by atoms with Crippen LogP contribution in [0.1, 0.15) is 12.8 Å². The number of rotatable bonds is 2. The third-order valence-electron chi connectivity index (χ3n) is 3.34. The molecule has 0 N–H and O–H groups in total. The van der Waals surface area contributed by atoms with Crippen LogP contribution in [0.15, 0.2) is 0 Å². The molecule has 2 saturated heterocycles. The van der Waals surface area contributed by atoms with Crippen molar-refractivity contribution in [2.24, 2.45) is 5.92 Å². The van der Waals surface area contributed by atoms with Crippen LogP contribution in [0.3, 0.4) is 0 Å². The predicted octanol–water partition coefficient (Wildman–Crippen LogP) is 0.660. The lowest BCUT2D eigenvalue weighted by Crippen LogP contribution is -2.43. The molecule has 0 aromatic carbocycles. The average Bonchev–Trinajstić information content (AvgIpc) is 2.19. The molecule has 2 fully saturated rings. The molecule has 0 aromatic heterocycles. The van der Waals surface area contributed by atoms with Gasteiger partial charge in [0, 0.05) is 26.2 Å². The van der Waals surface area contributed by atoms with Crippen LogP contribution in [0.4, 0.5) is 0 Å². The molecule has 3 nitrogen and oxygen atoms in total. The van der Waals surface area contributed by atoms with Crippen LogP contribution in [0, 0.1) is 5.92 Å². The topological polar surface area (TPSA) is 15.7 Å². The molecular formula is C11H22N2O. The number of nitrogens with zero attached hydrogens (tertiary/aromatic N) is 2. The van der Waals surface area contributed by atoms with Gasteiger partial charge in [-0.15, -0.1) is 0 Å². The maximum Gasteiger partial charge on any atom is 0.0594 e. The van der Waals surface area contributed by atoms with Gasteiger partial charge in [0.25, 0.3) is 0 Å². The lowest BCUT2D eigenvalue weighted by atomic mass is 9.98. The summed E-state index contributed by atoms with van der Waals surface area (Å²) >= 11 is 0. The van der Waals surface area contributed by atoms with Crippen molar-refractivity contribution in [2.75, 3.05) is 53.0 Å². The van der Waals surface area contributed by atoms with Crippen molar-refractivity contribution in [2.45, 2.75) is 12.8 Å². The summed E-state index contributed by atoms with van der Waals surface area (Å²) < 4.78 is 5.36. The standard InChI is InChI=1S/C11H22N2O/c1-12-4-2-3-11(9-12)10-13-5-7-14-8-6-13/h11H,2-10H2,1H3. The Bertz CT molecular complexity index is 169. The van der Waals surface area contributed by atoms with Gasteiger partial charge < -0.3 is 9.64 Å². The summed E-state index contributed by atoms with van der Waals surface area (Å²) in [5, 5.41) is 0. The van der Waals surface area contributed by atoms with E-state index >= 15 is 0 Å². The van der Waals surface area contributed by atoms with Crippen LogP contribution in [-0.4, -0.2) is 62.8 Å². The molecule has 0 radical (unpaired) electrons. The number of hydrogen-bond acceptors (Lipinski definition) is 3. The summed E-state index contributed by atoms with van der Waals surface area (Å²) in [6.07, 6.45) is 2.80. The summed E-state index contributed by atoms with van der Waals surface area (Å²) in [7, 11) is 2.24. The van der Waals surface area contributed by atoms with Crippen LogP contribution in [0.5, 0.6) is 0 Å². The van der Waals surface area contributed by atoms with Crippen LogP contribution in [-0.2, 0) is 4.74 Å². The highest BCUT2D eigenvalue weighted by molar-refractivity contribution is 4.75. The highest BCUT2D eigenvalue weighted by Crippen LogP contribution is 2.16. The Kier molecular flexibility index (Phi) is 3.79. The van der Waals surface area contributed by atoms with Crippen LogP contribution >= 0.6 is 0 Å². The zero-order valence-electron chi connectivity index (χ0n) is 9.24. The van der Waals surface area contributed by atoms with Crippen molar-refractivity contribution < 1.29 is 4.74 Å². The Morgan fingerprint density at radius 3 is 2.71 bits per heavy atom. The molecule has 1 atom stereocenters. The zero-order chi connectivity index (χ0) is 9.80. The van der Waals surface area contributed by atoms with Gasteiger partial charge >= 0.3 is 0 Å². The van der Waals surface area contributed by atoms with Crippen LogP contribution < -0.4 is 0 Å². The molecule has 2 aliphatic rings. The minimum atomic E-state index is 0.895. The van der Waals surface area contributed by atoms with E-state index < -0.39 is 0 Å². The molecule has 0 amide bonds. The van der Waals surface area contributed by atoms with Crippen molar-refractivity contribution in [3.8, 4) is 0 Å². The van der Waals surface area contributed by atoms with Crippen molar-refractivity contribution >= 4 is 0 Å². The minimum absolute atomic E-state index is 0.895. The fourth-order valence-electron chi connectivity index (χ4n) is 2.57. The molecule has 0 bridgehead atoms. The first-order chi connectivity index (χ1) is 6.84. The fourth-order valence-corrected chi connectivity index (χ4v) is 2.57. The minimum Gasteiger partial charge on any atom is -0.379 e. The highest BCUT2D eigenvalue weighted by Gasteiger charge is 2.20.